The first kappa shape index (κ1) is 11.4. The smallest absolute Gasteiger partial charge is 0.159 e. The molecule has 0 atom stereocenters. The Morgan fingerprint density at radius 2 is 2.06 bits per heavy atom. The quantitative estimate of drug-likeness (QED) is 0.820. The van der Waals surface area contributed by atoms with E-state index in [-0.39, 0.29) is 5.78 Å². The molecule has 0 aliphatic heterocycles. The molecule has 0 bridgehead atoms. The van der Waals surface area contributed by atoms with Gasteiger partial charge < -0.3 is 9.84 Å². The van der Waals surface area contributed by atoms with E-state index in [1.807, 2.05) is 25.1 Å². The van der Waals surface area contributed by atoms with E-state index in [0.717, 1.165) is 17.1 Å². The molecular weight excluding hydrogens is 216 g/mol. The lowest BCUT2D eigenvalue weighted by Gasteiger charge is -2.04. The van der Waals surface area contributed by atoms with E-state index < -0.39 is 0 Å². The molecule has 2 aromatic rings. The third kappa shape index (κ3) is 2.93. The molecule has 4 heteroatoms. The number of nitrogens with one attached hydrogen (secondary N) is 1. The van der Waals surface area contributed by atoms with Crippen LogP contribution >= 0.6 is 0 Å². The molecule has 1 aromatic heterocycles. The number of nitrogens with zero attached hydrogens (tertiary/aromatic N) is 1. The molecule has 0 unspecified atom stereocenters. The Labute approximate surface area is 99.6 Å². The maximum absolute atomic E-state index is 11.1. The summed E-state index contributed by atoms with van der Waals surface area (Å²) in [6.07, 6.45) is 0. The van der Waals surface area contributed by atoms with Crippen molar-refractivity contribution in [3.63, 3.8) is 0 Å². The summed E-state index contributed by atoms with van der Waals surface area (Å²) in [7, 11) is 0. The first-order valence-corrected chi connectivity index (χ1v) is 5.42. The summed E-state index contributed by atoms with van der Waals surface area (Å²) < 4.78 is 4.97. The van der Waals surface area contributed by atoms with Gasteiger partial charge in [-0.2, -0.15) is 0 Å². The van der Waals surface area contributed by atoms with Crippen LogP contribution in [0.2, 0.25) is 0 Å². The van der Waals surface area contributed by atoms with Crippen molar-refractivity contribution in [1.82, 2.24) is 5.16 Å². The molecule has 88 valence electrons. The fourth-order valence-electron chi connectivity index (χ4n) is 1.52. The molecule has 1 aromatic carbocycles. The van der Waals surface area contributed by atoms with Crippen molar-refractivity contribution < 1.29 is 9.32 Å². The Balaban J connectivity index is 1.97. The van der Waals surface area contributed by atoms with Gasteiger partial charge in [0, 0.05) is 17.3 Å². The van der Waals surface area contributed by atoms with Crippen LogP contribution in [0.15, 0.2) is 34.9 Å². The molecule has 17 heavy (non-hydrogen) atoms. The average molecular weight is 230 g/mol. The number of benzene rings is 1. The second-order valence-electron chi connectivity index (χ2n) is 3.92. The zero-order chi connectivity index (χ0) is 12.3. The number of aryl methyl sites for hydroxylation is 1. The number of hydrogen-bond acceptors (Lipinski definition) is 4. The van der Waals surface area contributed by atoms with Gasteiger partial charge in [-0.25, -0.2) is 0 Å². The predicted octanol–water partition coefficient (Wildman–Crippen LogP) is 2.80. The summed E-state index contributed by atoms with van der Waals surface area (Å²) >= 11 is 0. The Morgan fingerprint density at radius 1 is 1.35 bits per heavy atom. The van der Waals surface area contributed by atoms with Crippen molar-refractivity contribution in [3.05, 3.63) is 47.3 Å². The Hall–Kier alpha value is -2.10. The SMILES string of the molecule is CC(=O)c1ccc(NCc2cc(C)on2)cc1. The lowest BCUT2D eigenvalue weighted by atomic mass is 10.1. The van der Waals surface area contributed by atoms with Gasteiger partial charge in [0.1, 0.15) is 11.5 Å². The van der Waals surface area contributed by atoms with Crippen LogP contribution in [0.5, 0.6) is 0 Å². The number of carbonyl (C=O) groups excluding carboxylic acids is 1. The van der Waals surface area contributed by atoms with Crippen molar-refractivity contribution in [2.75, 3.05) is 5.32 Å². The van der Waals surface area contributed by atoms with Crippen molar-refractivity contribution in [3.8, 4) is 0 Å². The summed E-state index contributed by atoms with van der Waals surface area (Å²) in [5.74, 6) is 0.873. The van der Waals surface area contributed by atoms with Crippen LogP contribution < -0.4 is 5.32 Å². The monoisotopic (exact) mass is 230 g/mol. The standard InChI is InChI=1S/C13H14N2O2/c1-9-7-13(15-17-9)8-14-12-5-3-11(4-6-12)10(2)16/h3-7,14H,8H2,1-2H3. The zero-order valence-electron chi connectivity index (χ0n) is 9.86. The lowest BCUT2D eigenvalue weighted by Crippen LogP contribution is -2.00. The Kier molecular flexibility index (Phi) is 3.23. The number of Topliss-reactive ketones (excluding diaryl/α,β-unsaturated/α-hetero) is 1. The van der Waals surface area contributed by atoms with Gasteiger partial charge in [-0.1, -0.05) is 5.16 Å². The summed E-state index contributed by atoms with van der Waals surface area (Å²) in [4.78, 5) is 11.1. The molecule has 1 heterocycles. The van der Waals surface area contributed by atoms with Crippen LogP contribution in [-0.2, 0) is 6.54 Å². The van der Waals surface area contributed by atoms with Gasteiger partial charge in [-0.3, -0.25) is 4.79 Å². The second-order valence-corrected chi connectivity index (χ2v) is 3.92. The number of carbonyl (C=O) groups is 1. The van der Waals surface area contributed by atoms with E-state index in [1.165, 1.54) is 0 Å². The first-order valence-electron chi connectivity index (χ1n) is 5.42. The summed E-state index contributed by atoms with van der Waals surface area (Å²) in [5, 5.41) is 7.09. The first-order chi connectivity index (χ1) is 8.15. The second kappa shape index (κ2) is 4.82. The molecule has 0 radical (unpaired) electrons. The van der Waals surface area contributed by atoms with Crippen molar-refractivity contribution in [1.29, 1.82) is 0 Å². The van der Waals surface area contributed by atoms with Crippen molar-refractivity contribution in [2.24, 2.45) is 0 Å². The molecule has 0 aliphatic rings. The van der Waals surface area contributed by atoms with Gasteiger partial charge in [0.15, 0.2) is 5.78 Å². The zero-order valence-corrected chi connectivity index (χ0v) is 9.86. The van der Waals surface area contributed by atoms with E-state index in [2.05, 4.69) is 10.5 Å². The number of anilines is 1. The molecule has 1 N–H and O–H groups in total. The highest BCUT2D eigenvalue weighted by Gasteiger charge is 2.01. The van der Waals surface area contributed by atoms with E-state index in [4.69, 9.17) is 4.52 Å². The van der Waals surface area contributed by atoms with Gasteiger partial charge in [0.25, 0.3) is 0 Å². The van der Waals surface area contributed by atoms with Crippen LogP contribution in [0.4, 0.5) is 5.69 Å². The van der Waals surface area contributed by atoms with Crippen LogP contribution in [0.3, 0.4) is 0 Å². The minimum atomic E-state index is 0.0728. The lowest BCUT2D eigenvalue weighted by molar-refractivity contribution is 0.101. The van der Waals surface area contributed by atoms with Gasteiger partial charge in [-0.15, -0.1) is 0 Å². The van der Waals surface area contributed by atoms with Crippen molar-refractivity contribution in [2.45, 2.75) is 20.4 Å². The highest BCUT2D eigenvalue weighted by Crippen LogP contribution is 2.11. The normalized spacial score (nSPS) is 10.2. The number of ketones is 1. The number of hydrogen-bond donors (Lipinski definition) is 1. The van der Waals surface area contributed by atoms with Crippen LogP contribution in [-0.4, -0.2) is 10.9 Å². The van der Waals surface area contributed by atoms with E-state index in [1.54, 1.807) is 19.1 Å². The molecular formula is C13H14N2O2. The number of rotatable bonds is 4. The van der Waals surface area contributed by atoms with E-state index in [0.29, 0.717) is 12.1 Å². The van der Waals surface area contributed by atoms with Crippen molar-refractivity contribution >= 4 is 11.5 Å². The summed E-state index contributed by atoms with van der Waals surface area (Å²) in [6.45, 7) is 4.02. The third-order valence-corrected chi connectivity index (χ3v) is 2.44. The number of aromatic nitrogens is 1. The maximum atomic E-state index is 11.1. The minimum Gasteiger partial charge on any atom is -0.379 e. The van der Waals surface area contributed by atoms with Crippen LogP contribution in [0.1, 0.15) is 28.7 Å². The summed E-state index contributed by atoms with van der Waals surface area (Å²) in [5.41, 5.74) is 2.53. The third-order valence-electron chi connectivity index (χ3n) is 2.44. The van der Waals surface area contributed by atoms with Crippen LogP contribution in [0, 0.1) is 6.92 Å². The molecule has 2 rings (SSSR count). The largest absolute Gasteiger partial charge is 0.379 e. The predicted molar refractivity (Wildman–Crippen MR) is 65.0 cm³/mol. The van der Waals surface area contributed by atoms with Gasteiger partial charge in [0.2, 0.25) is 0 Å². The fourth-order valence-corrected chi connectivity index (χ4v) is 1.52. The van der Waals surface area contributed by atoms with E-state index >= 15 is 0 Å². The van der Waals surface area contributed by atoms with Crippen LogP contribution in [0.25, 0.3) is 0 Å². The summed E-state index contributed by atoms with van der Waals surface area (Å²) in [6, 6.07) is 9.25. The molecule has 0 spiro atoms. The minimum absolute atomic E-state index is 0.0728. The molecule has 4 nitrogen and oxygen atoms in total. The maximum Gasteiger partial charge on any atom is 0.159 e. The highest BCUT2D eigenvalue weighted by atomic mass is 16.5. The molecule has 0 saturated heterocycles. The topological polar surface area (TPSA) is 55.1 Å². The average Bonchev–Trinajstić information content (AvgIpc) is 2.73. The van der Waals surface area contributed by atoms with Gasteiger partial charge in [0.05, 0.1) is 6.54 Å². The molecule has 0 aliphatic carbocycles. The molecule has 0 saturated carbocycles. The molecule has 0 fully saturated rings. The Bertz CT molecular complexity index is 514. The molecule has 0 amide bonds. The fraction of sp³-hybridized carbons (Fsp3) is 0.231. The highest BCUT2D eigenvalue weighted by molar-refractivity contribution is 5.94. The Morgan fingerprint density at radius 3 is 2.59 bits per heavy atom. The van der Waals surface area contributed by atoms with Gasteiger partial charge >= 0.3 is 0 Å². The van der Waals surface area contributed by atoms with E-state index in [9.17, 15) is 4.79 Å². The van der Waals surface area contributed by atoms with Gasteiger partial charge in [-0.05, 0) is 38.1 Å².